The summed E-state index contributed by atoms with van der Waals surface area (Å²) in [5.74, 6) is 0.0479. The van der Waals surface area contributed by atoms with Gasteiger partial charge in [-0.15, -0.1) is 0 Å². The molecule has 0 amide bonds. The molecule has 0 aliphatic carbocycles. The topological polar surface area (TPSA) is 42.2 Å². The summed E-state index contributed by atoms with van der Waals surface area (Å²) in [6.07, 6.45) is 1.57. The molecule has 0 radical (unpaired) electrons. The van der Waals surface area contributed by atoms with Crippen LogP contribution in [0.1, 0.15) is 6.93 Å². The van der Waals surface area contributed by atoms with Crippen LogP contribution in [0.3, 0.4) is 0 Å². The van der Waals surface area contributed by atoms with Crippen LogP contribution in [0.25, 0.3) is 5.69 Å². The Kier molecular flexibility index (Phi) is 2.00. The molecule has 0 spiro atoms. The lowest BCUT2D eigenvalue weighted by molar-refractivity contribution is 0.471. The number of aryl methyl sites for hydroxylation is 1. The Morgan fingerprint density at radius 2 is 2.07 bits per heavy atom. The van der Waals surface area contributed by atoms with Gasteiger partial charge in [-0.25, -0.2) is 0 Å². The number of benzene rings is 1. The van der Waals surface area contributed by atoms with Crippen molar-refractivity contribution in [1.29, 1.82) is 0 Å². The molecule has 15 heavy (non-hydrogen) atoms. The second kappa shape index (κ2) is 3.61. The van der Waals surface area contributed by atoms with Gasteiger partial charge in [-0.1, -0.05) is 18.2 Å². The molecule has 1 N–H and O–H groups in total. The Labute approximate surface area is 88.6 Å². The standard InChI is InChI=1S/C12H11NO2/c1-9-6-7-12(15)13(8-9)10-4-2-3-5-11(10)14/h2-8,14H,1H3/i1D. The Morgan fingerprint density at radius 3 is 2.80 bits per heavy atom. The zero-order chi connectivity index (χ0) is 11.5. The molecule has 3 heteroatoms. The molecule has 2 rings (SSSR count). The van der Waals surface area contributed by atoms with E-state index in [1.165, 1.54) is 16.7 Å². The maximum absolute atomic E-state index is 11.6. The van der Waals surface area contributed by atoms with Gasteiger partial charge in [-0.05, 0) is 24.6 Å². The highest BCUT2D eigenvalue weighted by molar-refractivity contribution is 5.45. The monoisotopic (exact) mass is 202 g/mol. The van der Waals surface area contributed by atoms with E-state index < -0.39 is 0 Å². The van der Waals surface area contributed by atoms with E-state index in [4.69, 9.17) is 1.37 Å². The van der Waals surface area contributed by atoms with Crippen molar-refractivity contribution in [2.45, 2.75) is 6.90 Å². The number of nitrogens with zero attached hydrogens (tertiary/aromatic N) is 1. The van der Waals surface area contributed by atoms with E-state index in [0.717, 1.165) is 5.56 Å². The molecule has 0 fully saturated rings. The van der Waals surface area contributed by atoms with Crippen molar-refractivity contribution in [2.24, 2.45) is 0 Å². The van der Waals surface area contributed by atoms with E-state index in [2.05, 4.69) is 0 Å². The van der Waals surface area contributed by atoms with Crippen LogP contribution in [0.5, 0.6) is 5.75 Å². The molecule has 2 aromatic rings. The summed E-state index contributed by atoms with van der Waals surface area (Å²) in [5.41, 5.74) is 0.935. The second-order valence-electron chi connectivity index (χ2n) is 3.23. The van der Waals surface area contributed by atoms with Crippen molar-refractivity contribution in [2.75, 3.05) is 0 Å². The average molecular weight is 202 g/mol. The van der Waals surface area contributed by atoms with Crippen LogP contribution in [0.2, 0.25) is 0 Å². The smallest absolute Gasteiger partial charge is 0.255 e. The molecule has 0 atom stereocenters. The van der Waals surface area contributed by atoms with Crippen LogP contribution in [0.15, 0.2) is 47.4 Å². The van der Waals surface area contributed by atoms with Crippen LogP contribution in [0, 0.1) is 6.90 Å². The van der Waals surface area contributed by atoms with Gasteiger partial charge in [0, 0.05) is 13.6 Å². The summed E-state index contributed by atoms with van der Waals surface area (Å²) < 4.78 is 8.60. The Bertz CT molecular complexity index is 563. The number of aromatic hydroxyl groups is 1. The van der Waals surface area contributed by atoms with Crippen LogP contribution >= 0.6 is 0 Å². The molecule has 0 aliphatic heterocycles. The van der Waals surface area contributed by atoms with E-state index in [1.807, 2.05) is 0 Å². The fourth-order valence-electron chi connectivity index (χ4n) is 1.39. The van der Waals surface area contributed by atoms with E-state index >= 15 is 0 Å². The minimum absolute atomic E-state index is 0.0479. The maximum Gasteiger partial charge on any atom is 0.255 e. The van der Waals surface area contributed by atoms with Crippen molar-refractivity contribution < 1.29 is 6.48 Å². The molecule has 1 aromatic carbocycles. The summed E-state index contributed by atoms with van der Waals surface area (Å²) in [7, 11) is 0. The molecule has 3 nitrogen and oxygen atoms in total. The third-order valence-corrected chi connectivity index (χ3v) is 2.11. The number of hydrogen-bond donors (Lipinski definition) is 1. The maximum atomic E-state index is 11.6. The highest BCUT2D eigenvalue weighted by Gasteiger charge is 2.03. The highest BCUT2D eigenvalue weighted by atomic mass is 16.3. The second-order valence-corrected chi connectivity index (χ2v) is 3.23. The summed E-state index contributed by atoms with van der Waals surface area (Å²) in [5, 5.41) is 9.65. The van der Waals surface area contributed by atoms with Gasteiger partial charge in [-0.2, -0.15) is 0 Å². The minimum atomic E-state index is -0.223. The summed E-state index contributed by atoms with van der Waals surface area (Å²) in [6, 6.07) is 9.63. The van der Waals surface area contributed by atoms with Crippen LogP contribution in [-0.4, -0.2) is 9.67 Å². The normalized spacial score (nSPS) is 11.1. The molecule has 0 unspecified atom stereocenters. The van der Waals surface area contributed by atoms with Crippen molar-refractivity contribution in [3.63, 3.8) is 0 Å². The van der Waals surface area contributed by atoms with E-state index in [1.54, 1.807) is 30.5 Å². The highest BCUT2D eigenvalue weighted by Crippen LogP contribution is 2.18. The Morgan fingerprint density at radius 1 is 1.27 bits per heavy atom. The molecule has 1 heterocycles. The van der Waals surface area contributed by atoms with Crippen molar-refractivity contribution in [3.05, 3.63) is 58.5 Å². The summed E-state index contributed by atoms with van der Waals surface area (Å²) in [4.78, 5) is 11.6. The van der Waals surface area contributed by atoms with Crippen molar-refractivity contribution in [3.8, 4) is 11.4 Å². The quantitative estimate of drug-likeness (QED) is 0.766. The fourth-order valence-corrected chi connectivity index (χ4v) is 1.39. The van der Waals surface area contributed by atoms with Gasteiger partial charge in [0.2, 0.25) is 0 Å². The Balaban J connectivity index is 2.64. The first kappa shape index (κ1) is 8.29. The van der Waals surface area contributed by atoms with E-state index in [-0.39, 0.29) is 18.2 Å². The van der Waals surface area contributed by atoms with Gasteiger partial charge >= 0.3 is 0 Å². The third-order valence-electron chi connectivity index (χ3n) is 2.11. The van der Waals surface area contributed by atoms with Crippen molar-refractivity contribution >= 4 is 0 Å². The SMILES string of the molecule is [2H]Cc1ccc(=O)n(-c2ccccc2O)c1. The zero-order valence-electron chi connectivity index (χ0n) is 9.05. The predicted molar refractivity (Wildman–Crippen MR) is 58.4 cm³/mol. The lowest BCUT2D eigenvalue weighted by Crippen LogP contribution is -2.16. The molecule has 1 aromatic heterocycles. The molecule has 0 saturated heterocycles. The Hall–Kier alpha value is -2.03. The van der Waals surface area contributed by atoms with Gasteiger partial charge in [0.05, 0.1) is 5.69 Å². The number of rotatable bonds is 1. The molecular formula is C12H11NO2. The lowest BCUT2D eigenvalue weighted by Gasteiger charge is -2.07. The number of hydrogen-bond acceptors (Lipinski definition) is 2. The number of para-hydroxylation sites is 2. The van der Waals surface area contributed by atoms with Gasteiger partial charge in [0.25, 0.3) is 5.56 Å². The minimum Gasteiger partial charge on any atom is -0.506 e. The van der Waals surface area contributed by atoms with Crippen LogP contribution in [0.4, 0.5) is 0 Å². The first-order chi connectivity index (χ1) is 7.72. The number of pyridine rings is 1. The van der Waals surface area contributed by atoms with Crippen molar-refractivity contribution in [1.82, 2.24) is 4.57 Å². The number of phenolic OH excluding ortho intramolecular Hbond substituents is 1. The molecule has 0 aliphatic rings. The van der Waals surface area contributed by atoms with Crippen LogP contribution in [-0.2, 0) is 0 Å². The van der Waals surface area contributed by atoms with E-state index in [9.17, 15) is 9.90 Å². The van der Waals surface area contributed by atoms with Gasteiger partial charge < -0.3 is 5.11 Å². The molecule has 0 bridgehead atoms. The van der Waals surface area contributed by atoms with Crippen LogP contribution < -0.4 is 5.56 Å². The lowest BCUT2D eigenvalue weighted by atomic mass is 10.2. The van der Waals surface area contributed by atoms with Gasteiger partial charge in [-0.3, -0.25) is 9.36 Å². The average Bonchev–Trinajstić information content (AvgIpc) is 2.31. The fraction of sp³-hybridized carbons (Fsp3) is 0.0833. The molecular weight excluding hydrogens is 190 g/mol. The third kappa shape index (κ3) is 1.76. The number of aromatic nitrogens is 1. The summed E-state index contributed by atoms with van der Waals surface area (Å²) in [6.45, 7) is 0.105. The number of phenols is 1. The largest absolute Gasteiger partial charge is 0.506 e. The van der Waals surface area contributed by atoms with E-state index in [0.29, 0.717) is 5.69 Å². The molecule has 0 saturated carbocycles. The molecule has 76 valence electrons. The zero-order valence-corrected chi connectivity index (χ0v) is 8.05. The summed E-state index contributed by atoms with van der Waals surface area (Å²) >= 11 is 0. The van der Waals surface area contributed by atoms with Gasteiger partial charge in [0.15, 0.2) is 0 Å². The first-order valence-corrected chi connectivity index (χ1v) is 4.51. The first-order valence-electron chi connectivity index (χ1n) is 5.22. The van der Waals surface area contributed by atoms with Gasteiger partial charge in [0.1, 0.15) is 5.75 Å². The predicted octanol–water partition coefficient (Wildman–Crippen LogP) is 1.85.